The van der Waals surface area contributed by atoms with Crippen LogP contribution in [0.25, 0.3) is 0 Å². The molecule has 0 aliphatic heterocycles. The van der Waals surface area contributed by atoms with Crippen LogP contribution in [0.15, 0.2) is 0 Å². The molecule has 0 radical (unpaired) electrons. The van der Waals surface area contributed by atoms with Crippen LogP contribution in [0, 0.1) is 5.92 Å². The Hall–Kier alpha value is -0.570. The lowest BCUT2D eigenvalue weighted by molar-refractivity contribution is -0.146. The lowest BCUT2D eigenvalue weighted by atomic mass is 9.93. The minimum atomic E-state index is -1.16. The van der Waals surface area contributed by atoms with Crippen LogP contribution in [0.5, 0.6) is 0 Å². The first-order valence-electron chi connectivity index (χ1n) is 9.11. The summed E-state index contributed by atoms with van der Waals surface area (Å²) in [6.07, 6.45) is 17.8. The Morgan fingerprint density at radius 2 is 1.38 bits per heavy atom. The summed E-state index contributed by atoms with van der Waals surface area (Å²) in [5, 5.41) is 17.7. The maximum Gasteiger partial charge on any atom is 0.332 e. The van der Waals surface area contributed by atoms with Gasteiger partial charge in [-0.05, 0) is 12.3 Å². The Morgan fingerprint density at radius 1 is 0.857 bits per heavy atom. The van der Waals surface area contributed by atoms with Crippen molar-refractivity contribution in [2.24, 2.45) is 5.92 Å². The molecule has 1 aliphatic carbocycles. The van der Waals surface area contributed by atoms with E-state index < -0.39 is 12.1 Å². The molecule has 3 heteroatoms. The number of carboxylic acids is 1. The van der Waals surface area contributed by atoms with Crippen LogP contribution in [0.4, 0.5) is 0 Å². The number of carboxylic acid groups (broad SMARTS) is 1. The lowest BCUT2D eigenvalue weighted by Gasteiger charge is -2.13. The zero-order valence-electron chi connectivity index (χ0n) is 13.6. The van der Waals surface area contributed by atoms with Gasteiger partial charge < -0.3 is 10.2 Å². The first-order valence-corrected chi connectivity index (χ1v) is 9.11. The van der Waals surface area contributed by atoms with Crippen LogP contribution >= 0.6 is 0 Å². The van der Waals surface area contributed by atoms with Crippen LogP contribution in [-0.4, -0.2) is 22.3 Å². The second kappa shape index (κ2) is 12.0. The molecule has 1 fully saturated rings. The predicted octanol–water partition coefficient (Wildman–Crippen LogP) is 4.91. The van der Waals surface area contributed by atoms with Gasteiger partial charge in [-0.15, -0.1) is 0 Å². The van der Waals surface area contributed by atoms with Crippen LogP contribution in [0.1, 0.15) is 96.3 Å². The monoisotopic (exact) mass is 298 g/mol. The van der Waals surface area contributed by atoms with E-state index in [2.05, 4.69) is 0 Å². The number of aliphatic hydroxyl groups excluding tert-OH is 1. The van der Waals surface area contributed by atoms with E-state index in [-0.39, 0.29) is 0 Å². The van der Waals surface area contributed by atoms with Gasteiger partial charge in [0.2, 0.25) is 0 Å². The SMILES string of the molecule is O=C(O)C(O)CCCCCCCCCC1CCCCCC1. The minimum absolute atomic E-state index is 0.400. The van der Waals surface area contributed by atoms with Crippen molar-refractivity contribution >= 4 is 5.97 Å². The van der Waals surface area contributed by atoms with E-state index in [1.54, 1.807) is 0 Å². The smallest absolute Gasteiger partial charge is 0.332 e. The van der Waals surface area contributed by atoms with E-state index in [9.17, 15) is 4.79 Å². The molecule has 124 valence electrons. The molecule has 0 spiro atoms. The molecular formula is C18H34O3. The number of hydrogen-bond donors (Lipinski definition) is 2. The number of aliphatic carboxylic acids is 1. The molecule has 0 aromatic heterocycles. The highest BCUT2D eigenvalue weighted by Crippen LogP contribution is 2.27. The van der Waals surface area contributed by atoms with Gasteiger partial charge in [0.25, 0.3) is 0 Å². The van der Waals surface area contributed by atoms with Crippen molar-refractivity contribution in [1.82, 2.24) is 0 Å². The normalized spacial score (nSPS) is 18.3. The van der Waals surface area contributed by atoms with Crippen molar-refractivity contribution in [3.05, 3.63) is 0 Å². The molecule has 0 saturated heterocycles. The summed E-state index contributed by atoms with van der Waals surface area (Å²) in [5.74, 6) is -0.0847. The van der Waals surface area contributed by atoms with Gasteiger partial charge in [-0.3, -0.25) is 0 Å². The first kappa shape index (κ1) is 18.5. The molecular weight excluding hydrogens is 264 g/mol. The van der Waals surface area contributed by atoms with Gasteiger partial charge in [-0.1, -0.05) is 89.9 Å². The maximum atomic E-state index is 10.4. The van der Waals surface area contributed by atoms with Gasteiger partial charge in [0.1, 0.15) is 0 Å². The summed E-state index contributed by atoms with van der Waals surface area (Å²) in [5.41, 5.74) is 0. The molecule has 0 aromatic rings. The molecule has 3 nitrogen and oxygen atoms in total. The predicted molar refractivity (Wildman–Crippen MR) is 86.4 cm³/mol. The van der Waals surface area contributed by atoms with Crippen molar-refractivity contribution in [1.29, 1.82) is 0 Å². The Morgan fingerprint density at radius 3 is 1.95 bits per heavy atom. The van der Waals surface area contributed by atoms with Gasteiger partial charge in [-0.25, -0.2) is 4.79 Å². The third kappa shape index (κ3) is 9.89. The second-order valence-electron chi connectivity index (χ2n) is 6.76. The number of aliphatic hydroxyl groups is 1. The maximum absolute atomic E-state index is 10.4. The molecule has 1 aliphatic rings. The van der Waals surface area contributed by atoms with Crippen LogP contribution in [0.3, 0.4) is 0 Å². The molecule has 2 N–H and O–H groups in total. The zero-order chi connectivity index (χ0) is 15.3. The second-order valence-corrected chi connectivity index (χ2v) is 6.76. The summed E-state index contributed by atoms with van der Waals surface area (Å²) < 4.78 is 0. The fourth-order valence-corrected chi connectivity index (χ4v) is 3.43. The summed E-state index contributed by atoms with van der Waals surface area (Å²) in [4.78, 5) is 10.4. The molecule has 1 rings (SSSR count). The molecule has 1 saturated carbocycles. The topological polar surface area (TPSA) is 57.5 Å². The van der Waals surface area contributed by atoms with Gasteiger partial charge in [0, 0.05) is 0 Å². The van der Waals surface area contributed by atoms with E-state index in [0.29, 0.717) is 6.42 Å². The summed E-state index contributed by atoms with van der Waals surface area (Å²) >= 11 is 0. The average Bonchev–Trinajstić information content (AvgIpc) is 2.73. The molecule has 0 bridgehead atoms. The largest absolute Gasteiger partial charge is 0.479 e. The fourth-order valence-electron chi connectivity index (χ4n) is 3.43. The fraction of sp³-hybridized carbons (Fsp3) is 0.944. The minimum Gasteiger partial charge on any atom is -0.479 e. The lowest BCUT2D eigenvalue weighted by Crippen LogP contribution is -2.18. The number of unbranched alkanes of at least 4 members (excludes halogenated alkanes) is 6. The first-order chi connectivity index (χ1) is 10.2. The van der Waals surface area contributed by atoms with Crippen molar-refractivity contribution in [3.8, 4) is 0 Å². The van der Waals surface area contributed by atoms with Crippen molar-refractivity contribution in [2.75, 3.05) is 0 Å². The molecule has 0 aromatic carbocycles. The van der Waals surface area contributed by atoms with Gasteiger partial charge >= 0.3 is 5.97 Å². The van der Waals surface area contributed by atoms with E-state index in [4.69, 9.17) is 10.2 Å². The third-order valence-corrected chi connectivity index (χ3v) is 4.85. The van der Waals surface area contributed by atoms with Crippen LogP contribution in [-0.2, 0) is 4.79 Å². The van der Waals surface area contributed by atoms with Crippen molar-refractivity contribution < 1.29 is 15.0 Å². The van der Waals surface area contributed by atoms with E-state index >= 15 is 0 Å². The molecule has 21 heavy (non-hydrogen) atoms. The highest BCUT2D eigenvalue weighted by Gasteiger charge is 2.12. The van der Waals surface area contributed by atoms with E-state index in [0.717, 1.165) is 18.8 Å². The van der Waals surface area contributed by atoms with Crippen LogP contribution in [0.2, 0.25) is 0 Å². The summed E-state index contributed by atoms with van der Waals surface area (Å²) in [6, 6.07) is 0. The third-order valence-electron chi connectivity index (χ3n) is 4.85. The number of hydrogen-bond acceptors (Lipinski definition) is 2. The van der Waals surface area contributed by atoms with E-state index in [1.165, 1.54) is 77.0 Å². The number of rotatable bonds is 11. The Kier molecular flexibility index (Phi) is 10.6. The molecule has 1 unspecified atom stereocenters. The Labute approximate surface area is 130 Å². The van der Waals surface area contributed by atoms with Gasteiger partial charge in [-0.2, -0.15) is 0 Å². The zero-order valence-corrected chi connectivity index (χ0v) is 13.6. The molecule has 0 heterocycles. The summed E-state index contributed by atoms with van der Waals surface area (Å²) in [7, 11) is 0. The highest BCUT2D eigenvalue weighted by atomic mass is 16.4. The van der Waals surface area contributed by atoms with Crippen LogP contribution < -0.4 is 0 Å². The quantitative estimate of drug-likeness (QED) is 0.421. The highest BCUT2D eigenvalue weighted by molar-refractivity contribution is 5.71. The Balaban J connectivity index is 1.83. The van der Waals surface area contributed by atoms with Gasteiger partial charge in [0.15, 0.2) is 6.10 Å². The average molecular weight is 298 g/mol. The standard InChI is InChI=1S/C18H34O3/c19-17(18(20)21)15-11-5-3-1-2-4-8-12-16-13-9-6-7-10-14-16/h16-17,19H,1-15H2,(H,20,21). The van der Waals surface area contributed by atoms with Gasteiger partial charge in [0.05, 0.1) is 0 Å². The van der Waals surface area contributed by atoms with Crippen molar-refractivity contribution in [3.63, 3.8) is 0 Å². The Bertz CT molecular complexity index is 257. The molecule has 0 amide bonds. The van der Waals surface area contributed by atoms with E-state index in [1.807, 2.05) is 0 Å². The summed E-state index contributed by atoms with van der Waals surface area (Å²) in [6.45, 7) is 0. The number of carbonyl (C=O) groups is 1. The van der Waals surface area contributed by atoms with Crippen molar-refractivity contribution in [2.45, 2.75) is 102 Å². The molecule has 1 atom stereocenters.